The number of nitrogens with one attached hydrogen (secondary N) is 3. The van der Waals surface area contributed by atoms with E-state index >= 15 is 0 Å². The van der Waals surface area contributed by atoms with Crippen LogP contribution in [0.3, 0.4) is 0 Å². The number of amides is 2. The number of anilines is 5. The van der Waals surface area contributed by atoms with Crippen LogP contribution in [0.15, 0.2) is 80.0 Å². The van der Waals surface area contributed by atoms with E-state index in [1.54, 1.807) is 41.3 Å². The van der Waals surface area contributed by atoms with Gasteiger partial charge in [-0.05, 0) is 42.5 Å². The van der Waals surface area contributed by atoms with Gasteiger partial charge in [-0.2, -0.15) is 18.2 Å². The van der Waals surface area contributed by atoms with Crippen molar-refractivity contribution in [3.05, 3.63) is 85.6 Å². The molecule has 9 nitrogen and oxygen atoms in total. The molecular formula is C27H25F3N6O3. The zero-order valence-corrected chi connectivity index (χ0v) is 20.7. The minimum absolute atomic E-state index is 0.0811. The van der Waals surface area contributed by atoms with Gasteiger partial charge in [0.2, 0.25) is 17.8 Å². The van der Waals surface area contributed by atoms with E-state index in [4.69, 9.17) is 4.74 Å². The molecule has 0 aliphatic carbocycles. The number of halogens is 3. The van der Waals surface area contributed by atoms with Crippen LogP contribution in [-0.2, 0) is 15.8 Å². The summed E-state index contributed by atoms with van der Waals surface area (Å²) in [5.74, 6) is -0.659. The maximum Gasteiger partial charge on any atom is 0.421 e. The molecule has 0 spiro atoms. The Balaban J connectivity index is 1.51. The minimum atomic E-state index is -4.72. The molecule has 2 amide bonds. The van der Waals surface area contributed by atoms with Gasteiger partial charge in [-0.3, -0.25) is 9.59 Å². The highest BCUT2D eigenvalue weighted by Crippen LogP contribution is 2.36. The first-order chi connectivity index (χ1) is 18.6. The average Bonchev–Trinajstić information content (AvgIpc) is 3.36. The summed E-state index contributed by atoms with van der Waals surface area (Å²) in [4.78, 5) is 32.9. The van der Waals surface area contributed by atoms with E-state index in [2.05, 4.69) is 39.1 Å². The van der Waals surface area contributed by atoms with Gasteiger partial charge < -0.3 is 25.6 Å². The van der Waals surface area contributed by atoms with Crippen molar-refractivity contribution >= 4 is 40.6 Å². The maximum absolute atomic E-state index is 13.7. The summed E-state index contributed by atoms with van der Waals surface area (Å²) >= 11 is 0. The SMILES string of the molecule is C=CC(=O)Nc1cccc(Nc2nc(Nc3cccc(OC4CCN(C(=O)C=C)C4)c3)ncc2C(F)(F)F)c1. The first kappa shape index (κ1) is 27.2. The van der Waals surface area contributed by atoms with E-state index in [9.17, 15) is 22.8 Å². The van der Waals surface area contributed by atoms with E-state index in [1.807, 2.05) is 0 Å². The van der Waals surface area contributed by atoms with Crippen LogP contribution in [0, 0.1) is 0 Å². The van der Waals surface area contributed by atoms with Crippen LogP contribution in [0.2, 0.25) is 0 Å². The van der Waals surface area contributed by atoms with Crippen molar-refractivity contribution in [1.82, 2.24) is 14.9 Å². The molecule has 1 aliphatic heterocycles. The number of nitrogens with zero attached hydrogens (tertiary/aromatic N) is 3. The topological polar surface area (TPSA) is 108 Å². The number of aromatic nitrogens is 2. The van der Waals surface area contributed by atoms with Crippen LogP contribution in [0.25, 0.3) is 0 Å². The number of benzene rings is 2. The number of rotatable bonds is 9. The van der Waals surface area contributed by atoms with Crippen LogP contribution < -0.4 is 20.7 Å². The summed E-state index contributed by atoms with van der Waals surface area (Å²) in [7, 11) is 0. The molecule has 12 heteroatoms. The van der Waals surface area contributed by atoms with Crippen molar-refractivity contribution in [3.63, 3.8) is 0 Å². The Bertz CT molecular complexity index is 1400. The second-order valence-electron chi connectivity index (χ2n) is 8.52. The van der Waals surface area contributed by atoms with E-state index in [1.165, 1.54) is 18.2 Å². The third-order valence-corrected chi connectivity index (χ3v) is 5.70. The van der Waals surface area contributed by atoms with E-state index in [-0.39, 0.29) is 23.6 Å². The summed E-state index contributed by atoms with van der Waals surface area (Å²) in [5.41, 5.74) is 0.0553. The van der Waals surface area contributed by atoms with Crippen molar-refractivity contribution in [1.29, 1.82) is 0 Å². The van der Waals surface area contributed by atoms with Crippen molar-refractivity contribution in [2.75, 3.05) is 29.0 Å². The summed E-state index contributed by atoms with van der Waals surface area (Å²) in [6.07, 6.45) is -1.23. The quantitative estimate of drug-likeness (QED) is 0.319. The Morgan fingerprint density at radius 2 is 1.74 bits per heavy atom. The molecule has 1 saturated heterocycles. The number of hydrogen-bond acceptors (Lipinski definition) is 7. The monoisotopic (exact) mass is 538 g/mol. The highest BCUT2D eigenvalue weighted by atomic mass is 19.4. The van der Waals surface area contributed by atoms with Crippen molar-refractivity contribution in [3.8, 4) is 5.75 Å². The second kappa shape index (κ2) is 11.7. The van der Waals surface area contributed by atoms with Gasteiger partial charge in [-0.1, -0.05) is 25.3 Å². The molecule has 1 unspecified atom stereocenters. The predicted octanol–water partition coefficient (Wildman–Crippen LogP) is 5.27. The molecule has 2 heterocycles. The second-order valence-corrected chi connectivity index (χ2v) is 8.52. The molecule has 202 valence electrons. The summed E-state index contributed by atoms with van der Waals surface area (Å²) in [6, 6.07) is 13.0. The van der Waals surface area contributed by atoms with Gasteiger partial charge in [0, 0.05) is 42.3 Å². The largest absolute Gasteiger partial charge is 0.488 e. The molecule has 1 aromatic heterocycles. The minimum Gasteiger partial charge on any atom is -0.488 e. The Hall–Kier alpha value is -4.87. The Kier molecular flexibility index (Phi) is 8.13. The van der Waals surface area contributed by atoms with Gasteiger partial charge >= 0.3 is 6.18 Å². The molecule has 4 rings (SSSR count). The van der Waals surface area contributed by atoms with Crippen molar-refractivity contribution < 1.29 is 27.5 Å². The average molecular weight is 539 g/mol. The lowest BCUT2D eigenvalue weighted by molar-refractivity contribution is -0.137. The molecule has 1 atom stereocenters. The fourth-order valence-corrected chi connectivity index (χ4v) is 3.87. The number of hydrogen-bond donors (Lipinski definition) is 3. The Morgan fingerprint density at radius 1 is 1.03 bits per heavy atom. The summed E-state index contributed by atoms with van der Waals surface area (Å²) in [5, 5.41) is 8.11. The normalized spacial score (nSPS) is 14.8. The Labute approximate surface area is 222 Å². The van der Waals surface area contributed by atoms with E-state index in [0.717, 1.165) is 6.08 Å². The number of carbonyl (C=O) groups is 2. The highest BCUT2D eigenvalue weighted by molar-refractivity contribution is 5.99. The van der Waals surface area contributed by atoms with Gasteiger partial charge in [0.25, 0.3) is 0 Å². The molecule has 1 aliphatic rings. The molecule has 0 radical (unpaired) electrons. The number of likely N-dealkylation sites (tertiary alicyclic amines) is 1. The molecule has 0 bridgehead atoms. The molecular weight excluding hydrogens is 513 g/mol. The number of carbonyl (C=O) groups excluding carboxylic acids is 2. The van der Waals surface area contributed by atoms with Crippen LogP contribution in [-0.4, -0.2) is 45.9 Å². The van der Waals surface area contributed by atoms with Gasteiger partial charge in [0.05, 0.1) is 6.54 Å². The van der Waals surface area contributed by atoms with Crippen LogP contribution in [0.4, 0.5) is 42.0 Å². The molecule has 0 saturated carbocycles. The molecule has 3 aromatic rings. The fourth-order valence-electron chi connectivity index (χ4n) is 3.87. The first-order valence-corrected chi connectivity index (χ1v) is 11.8. The third kappa shape index (κ3) is 7.12. The standard InChI is InChI=1S/C27H25F3N6O3/c1-3-23(37)32-17-7-5-8-18(13-17)33-25-22(27(28,29)30)15-31-26(35-25)34-19-9-6-10-20(14-19)39-21-11-12-36(16-21)24(38)4-2/h3-10,13-15,21H,1-2,11-12,16H2,(H,32,37)(H2,31,33,34,35). The van der Waals surface area contributed by atoms with Gasteiger partial charge in [0.1, 0.15) is 23.2 Å². The lowest BCUT2D eigenvalue weighted by Crippen LogP contribution is -2.29. The third-order valence-electron chi connectivity index (χ3n) is 5.70. The van der Waals surface area contributed by atoms with Crippen LogP contribution >= 0.6 is 0 Å². The fraction of sp³-hybridized carbons (Fsp3) is 0.185. The lowest BCUT2D eigenvalue weighted by atomic mass is 10.2. The molecule has 3 N–H and O–H groups in total. The first-order valence-electron chi connectivity index (χ1n) is 11.8. The zero-order valence-electron chi connectivity index (χ0n) is 20.7. The van der Waals surface area contributed by atoms with Crippen molar-refractivity contribution in [2.24, 2.45) is 0 Å². The van der Waals surface area contributed by atoms with E-state index in [0.29, 0.717) is 42.8 Å². The van der Waals surface area contributed by atoms with Crippen molar-refractivity contribution in [2.45, 2.75) is 18.7 Å². The van der Waals surface area contributed by atoms with Gasteiger partial charge in [0.15, 0.2) is 0 Å². The predicted molar refractivity (Wildman–Crippen MR) is 141 cm³/mol. The Morgan fingerprint density at radius 3 is 2.46 bits per heavy atom. The lowest BCUT2D eigenvalue weighted by Gasteiger charge is -2.17. The molecule has 1 fully saturated rings. The van der Waals surface area contributed by atoms with E-state index < -0.39 is 23.5 Å². The molecule has 2 aromatic carbocycles. The van der Waals surface area contributed by atoms with Crippen LogP contribution in [0.1, 0.15) is 12.0 Å². The smallest absolute Gasteiger partial charge is 0.421 e. The summed E-state index contributed by atoms with van der Waals surface area (Å²) in [6.45, 7) is 7.86. The zero-order chi connectivity index (χ0) is 28.0. The van der Waals surface area contributed by atoms with Gasteiger partial charge in [-0.25, -0.2) is 4.98 Å². The maximum atomic E-state index is 13.7. The molecule has 39 heavy (non-hydrogen) atoms. The number of ether oxygens (including phenoxy) is 1. The summed E-state index contributed by atoms with van der Waals surface area (Å²) < 4.78 is 47.1. The van der Waals surface area contributed by atoms with Crippen LogP contribution in [0.5, 0.6) is 5.75 Å². The van der Waals surface area contributed by atoms with Gasteiger partial charge in [-0.15, -0.1) is 0 Å². The highest BCUT2D eigenvalue weighted by Gasteiger charge is 2.35. The number of alkyl halides is 3.